The molecule has 1 aromatic carbocycles. The van der Waals surface area contributed by atoms with Crippen molar-refractivity contribution in [1.82, 2.24) is 9.88 Å². The smallest absolute Gasteiger partial charge is 0.222 e. The number of fused-ring (bicyclic) bond motifs is 3. The highest BCUT2D eigenvalue weighted by atomic mass is 79.9. The van der Waals surface area contributed by atoms with Crippen LogP contribution in [0.4, 0.5) is 0 Å². The van der Waals surface area contributed by atoms with Gasteiger partial charge in [0.05, 0.1) is 11.6 Å². The molecule has 1 saturated heterocycles. The molecular weight excluding hydrogens is 356 g/mol. The van der Waals surface area contributed by atoms with E-state index in [2.05, 4.69) is 39.1 Å². The van der Waals surface area contributed by atoms with Gasteiger partial charge in [-0.15, -0.1) is 0 Å². The Hall–Kier alpha value is -1.33. The van der Waals surface area contributed by atoms with E-state index in [9.17, 15) is 4.79 Å². The van der Waals surface area contributed by atoms with E-state index in [1.54, 1.807) is 0 Å². The lowest BCUT2D eigenvalue weighted by molar-refractivity contribution is -0.132. The second-order valence-electron chi connectivity index (χ2n) is 6.48. The first-order valence-corrected chi connectivity index (χ1v) is 9.19. The number of hydrogen-bond donors (Lipinski definition) is 1. The van der Waals surface area contributed by atoms with Gasteiger partial charge in [-0.3, -0.25) is 4.79 Å². The van der Waals surface area contributed by atoms with Gasteiger partial charge in [0.1, 0.15) is 0 Å². The van der Waals surface area contributed by atoms with Gasteiger partial charge in [0.2, 0.25) is 5.91 Å². The quantitative estimate of drug-likeness (QED) is 0.885. The number of carbonyl (C=O) groups excluding carboxylic acids is 1. The topological polar surface area (TPSA) is 45.3 Å². The largest absolute Gasteiger partial charge is 0.378 e. The molecule has 0 saturated carbocycles. The molecule has 4 rings (SSSR count). The summed E-state index contributed by atoms with van der Waals surface area (Å²) in [4.78, 5) is 18.1. The molecule has 1 atom stereocenters. The zero-order valence-corrected chi connectivity index (χ0v) is 14.7. The van der Waals surface area contributed by atoms with Crippen LogP contribution < -0.4 is 0 Å². The lowest BCUT2D eigenvalue weighted by Gasteiger charge is -2.27. The molecule has 3 heterocycles. The molecule has 5 heteroatoms. The van der Waals surface area contributed by atoms with Crippen LogP contribution in [-0.2, 0) is 22.5 Å². The zero-order valence-electron chi connectivity index (χ0n) is 13.1. The van der Waals surface area contributed by atoms with Gasteiger partial charge in [0.15, 0.2) is 0 Å². The van der Waals surface area contributed by atoms with Crippen molar-refractivity contribution in [2.24, 2.45) is 0 Å². The number of aromatic nitrogens is 1. The Morgan fingerprint density at radius 2 is 2.35 bits per heavy atom. The highest BCUT2D eigenvalue weighted by Gasteiger charge is 2.25. The maximum atomic E-state index is 12.5. The number of carbonyl (C=O) groups is 1. The Morgan fingerprint density at radius 1 is 1.43 bits per heavy atom. The number of nitrogens with zero attached hydrogens (tertiary/aromatic N) is 1. The predicted octanol–water partition coefficient (Wildman–Crippen LogP) is 3.77. The summed E-state index contributed by atoms with van der Waals surface area (Å²) < 4.78 is 6.71. The van der Waals surface area contributed by atoms with E-state index >= 15 is 0 Å². The van der Waals surface area contributed by atoms with Gasteiger partial charge >= 0.3 is 0 Å². The van der Waals surface area contributed by atoms with Crippen molar-refractivity contribution in [3.05, 3.63) is 33.9 Å². The Morgan fingerprint density at radius 3 is 3.17 bits per heavy atom. The standard InChI is InChI=1S/C18H21BrN2O2/c19-15-5-1-4-13-14-11-21(9-8-16(14)20-18(13)15)17(22)7-6-12-3-2-10-23-12/h1,4-5,12,20H,2-3,6-11H2/t12-/m0/s1. The minimum absolute atomic E-state index is 0.260. The van der Waals surface area contributed by atoms with Crippen molar-refractivity contribution in [2.45, 2.75) is 44.8 Å². The van der Waals surface area contributed by atoms with Crippen LogP contribution in [0.2, 0.25) is 0 Å². The van der Waals surface area contributed by atoms with Gasteiger partial charge < -0.3 is 14.6 Å². The van der Waals surface area contributed by atoms with Crippen molar-refractivity contribution in [3.63, 3.8) is 0 Å². The molecule has 0 unspecified atom stereocenters. The molecule has 2 aliphatic rings. The third kappa shape index (κ3) is 2.92. The van der Waals surface area contributed by atoms with Crippen LogP contribution in [0, 0.1) is 0 Å². The number of ether oxygens (including phenoxy) is 1. The van der Waals surface area contributed by atoms with E-state index in [1.807, 2.05) is 4.90 Å². The normalized spacial score (nSPS) is 20.9. The van der Waals surface area contributed by atoms with Gasteiger partial charge in [-0.2, -0.15) is 0 Å². The molecule has 0 bridgehead atoms. The molecule has 4 nitrogen and oxygen atoms in total. The number of H-pyrrole nitrogens is 1. The fourth-order valence-electron chi connectivity index (χ4n) is 3.73. The molecule has 0 radical (unpaired) electrons. The molecule has 0 aliphatic carbocycles. The lowest BCUT2D eigenvalue weighted by atomic mass is 10.0. The summed E-state index contributed by atoms with van der Waals surface area (Å²) in [5.74, 6) is 0.260. The molecule has 2 aromatic rings. The fraction of sp³-hybridized carbons (Fsp3) is 0.500. The number of benzene rings is 1. The first-order chi connectivity index (χ1) is 11.2. The highest BCUT2D eigenvalue weighted by Crippen LogP contribution is 2.32. The number of aromatic amines is 1. The summed E-state index contributed by atoms with van der Waals surface area (Å²) in [6, 6.07) is 6.24. The van der Waals surface area contributed by atoms with Crippen molar-refractivity contribution < 1.29 is 9.53 Å². The maximum absolute atomic E-state index is 12.5. The summed E-state index contributed by atoms with van der Waals surface area (Å²) in [6.07, 6.45) is 4.91. The second-order valence-corrected chi connectivity index (χ2v) is 7.34. The van der Waals surface area contributed by atoms with Crippen LogP contribution in [0.25, 0.3) is 10.9 Å². The summed E-state index contributed by atoms with van der Waals surface area (Å²) in [5.41, 5.74) is 3.69. The van der Waals surface area contributed by atoms with Crippen LogP contribution in [-0.4, -0.2) is 35.0 Å². The van der Waals surface area contributed by atoms with Crippen LogP contribution in [0.3, 0.4) is 0 Å². The minimum Gasteiger partial charge on any atom is -0.378 e. The number of para-hydroxylation sites is 1. The molecule has 2 aliphatic heterocycles. The van der Waals surface area contributed by atoms with E-state index in [1.165, 1.54) is 16.6 Å². The van der Waals surface area contributed by atoms with E-state index in [4.69, 9.17) is 4.74 Å². The zero-order chi connectivity index (χ0) is 15.8. The van der Waals surface area contributed by atoms with Crippen molar-refractivity contribution in [2.75, 3.05) is 13.2 Å². The van der Waals surface area contributed by atoms with Gasteiger partial charge in [-0.1, -0.05) is 12.1 Å². The van der Waals surface area contributed by atoms with Crippen LogP contribution in [0.15, 0.2) is 22.7 Å². The van der Waals surface area contributed by atoms with Crippen LogP contribution in [0.5, 0.6) is 0 Å². The molecule has 122 valence electrons. The average Bonchev–Trinajstić information content (AvgIpc) is 3.20. The number of halogens is 1. The number of rotatable bonds is 3. The molecule has 1 fully saturated rings. The highest BCUT2D eigenvalue weighted by molar-refractivity contribution is 9.10. The molecule has 23 heavy (non-hydrogen) atoms. The van der Waals surface area contributed by atoms with Gasteiger partial charge in [-0.05, 0) is 41.3 Å². The summed E-state index contributed by atoms with van der Waals surface area (Å²) in [7, 11) is 0. The van der Waals surface area contributed by atoms with E-state index in [-0.39, 0.29) is 5.91 Å². The maximum Gasteiger partial charge on any atom is 0.222 e. The lowest BCUT2D eigenvalue weighted by Crippen LogP contribution is -2.36. The number of amides is 1. The second kappa shape index (κ2) is 6.29. The van der Waals surface area contributed by atoms with Crippen LogP contribution in [0.1, 0.15) is 36.9 Å². The summed E-state index contributed by atoms with van der Waals surface area (Å²) in [5, 5.41) is 1.23. The fourth-order valence-corrected chi connectivity index (χ4v) is 4.20. The Kier molecular flexibility index (Phi) is 4.16. The first-order valence-electron chi connectivity index (χ1n) is 8.39. The molecule has 0 spiro atoms. The first kappa shape index (κ1) is 15.2. The van der Waals surface area contributed by atoms with E-state index < -0.39 is 0 Å². The predicted molar refractivity (Wildman–Crippen MR) is 93.3 cm³/mol. The molecule has 1 aromatic heterocycles. The third-order valence-corrected chi connectivity index (χ3v) is 5.68. The van der Waals surface area contributed by atoms with Crippen molar-refractivity contribution >= 4 is 32.7 Å². The van der Waals surface area contributed by atoms with E-state index in [0.717, 1.165) is 55.4 Å². The van der Waals surface area contributed by atoms with Crippen LogP contribution >= 0.6 is 15.9 Å². The van der Waals surface area contributed by atoms with Gasteiger partial charge in [0, 0.05) is 53.7 Å². The van der Waals surface area contributed by atoms with Crippen molar-refractivity contribution in [3.8, 4) is 0 Å². The average molecular weight is 377 g/mol. The Bertz CT molecular complexity index is 734. The number of hydrogen-bond acceptors (Lipinski definition) is 2. The Balaban J connectivity index is 1.48. The molecular formula is C18H21BrN2O2. The summed E-state index contributed by atoms with van der Waals surface area (Å²) in [6.45, 7) is 2.38. The SMILES string of the molecule is O=C(CC[C@@H]1CCCO1)N1CCc2[nH]c3c(Br)cccc3c2C1. The number of nitrogens with one attached hydrogen (secondary N) is 1. The van der Waals surface area contributed by atoms with E-state index in [0.29, 0.717) is 12.5 Å². The molecule has 1 N–H and O–H groups in total. The third-order valence-electron chi connectivity index (χ3n) is 5.02. The summed E-state index contributed by atoms with van der Waals surface area (Å²) >= 11 is 3.60. The monoisotopic (exact) mass is 376 g/mol. The molecule has 1 amide bonds. The van der Waals surface area contributed by atoms with Gasteiger partial charge in [0.25, 0.3) is 0 Å². The minimum atomic E-state index is 0.260. The van der Waals surface area contributed by atoms with Crippen molar-refractivity contribution in [1.29, 1.82) is 0 Å². The Labute approximate surface area is 144 Å². The van der Waals surface area contributed by atoms with Gasteiger partial charge in [-0.25, -0.2) is 0 Å².